The first-order valence-electron chi connectivity index (χ1n) is 5.55. The Labute approximate surface area is 116 Å². The molecule has 94 valence electrons. The molecule has 4 heteroatoms. The zero-order chi connectivity index (χ0) is 13.0. The van der Waals surface area contributed by atoms with Crippen LogP contribution in [0.5, 0.6) is 5.75 Å². The van der Waals surface area contributed by atoms with Crippen molar-refractivity contribution in [3.05, 3.63) is 63.6 Å². The molecule has 0 aliphatic heterocycles. The van der Waals surface area contributed by atoms with Crippen molar-refractivity contribution in [3.8, 4) is 5.75 Å². The maximum Gasteiger partial charge on any atom is 0.121 e. The topological polar surface area (TPSA) is 35.2 Å². The van der Waals surface area contributed by atoms with E-state index in [0.717, 1.165) is 11.1 Å². The second-order valence-corrected chi connectivity index (χ2v) is 4.65. The van der Waals surface area contributed by atoms with Gasteiger partial charge in [-0.3, -0.25) is 0 Å². The van der Waals surface area contributed by atoms with Gasteiger partial charge in [-0.2, -0.15) is 0 Å². The number of benzene rings is 2. The lowest BCUT2D eigenvalue weighted by Crippen LogP contribution is -1.99. The maximum atomic E-state index is 6.06. The van der Waals surface area contributed by atoms with Gasteiger partial charge in [0.25, 0.3) is 0 Å². The first-order chi connectivity index (χ1) is 8.70. The van der Waals surface area contributed by atoms with Crippen molar-refractivity contribution in [2.24, 2.45) is 5.73 Å². The van der Waals surface area contributed by atoms with Crippen molar-refractivity contribution >= 4 is 23.2 Å². The van der Waals surface area contributed by atoms with Crippen LogP contribution in [0.25, 0.3) is 0 Å². The summed E-state index contributed by atoms with van der Waals surface area (Å²) in [5, 5.41) is 1.32. The van der Waals surface area contributed by atoms with Crippen LogP contribution in [0.2, 0.25) is 10.0 Å². The first-order valence-corrected chi connectivity index (χ1v) is 6.31. The van der Waals surface area contributed by atoms with Crippen LogP contribution in [-0.4, -0.2) is 0 Å². The lowest BCUT2D eigenvalue weighted by Gasteiger charge is -2.09. The van der Waals surface area contributed by atoms with Crippen LogP contribution in [0.15, 0.2) is 42.5 Å². The fraction of sp³-hybridized carbons (Fsp3) is 0.143. The molecule has 0 saturated carbocycles. The lowest BCUT2D eigenvalue weighted by atomic mass is 10.2. The third kappa shape index (κ3) is 3.16. The molecule has 0 amide bonds. The molecule has 2 nitrogen and oxygen atoms in total. The van der Waals surface area contributed by atoms with Gasteiger partial charge in [-0.05, 0) is 23.8 Å². The quantitative estimate of drug-likeness (QED) is 0.918. The third-order valence-electron chi connectivity index (χ3n) is 2.60. The van der Waals surface area contributed by atoms with Gasteiger partial charge in [-0.15, -0.1) is 0 Å². The summed E-state index contributed by atoms with van der Waals surface area (Å²) in [6, 6.07) is 13.1. The smallest absolute Gasteiger partial charge is 0.121 e. The van der Waals surface area contributed by atoms with Crippen molar-refractivity contribution < 1.29 is 4.74 Å². The van der Waals surface area contributed by atoms with E-state index >= 15 is 0 Å². The van der Waals surface area contributed by atoms with Crippen LogP contribution in [0.1, 0.15) is 11.1 Å². The summed E-state index contributed by atoms with van der Waals surface area (Å²) < 4.78 is 5.64. The van der Waals surface area contributed by atoms with Gasteiger partial charge in [0.1, 0.15) is 12.4 Å². The number of hydrogen-bond acceptors (Lipinski definition) is 2. The fourth-order valence-corrected chi connectivity index (χ4v) is 2.00. The Morgan fingerprint density at radius 3 is 2.39 bits per heavy atom. The van der Waals surface area contributed by atoms with Crippen LogP contribution < -0.4 is 10.5 Å². The van der Waals surface area contributed by atoms with E-state index in [0.29, 0.717) is 28.9 Å². The van der Waals surface area contributed by atoms with E-state index in [4.69, 9.17) is 33.7 Å². The molecule has 0 saturated heterocycles. The van der Waals surface area contributed by atoms with Crippen molar-refractivity contribution in [3.63, 3.8) is 0 Å². The summed E-state index contributed by atoms with van der Waals surface area (Å²) in [7, 11) is 0. The molecule has 2 aromatic carbocycles. The van der Waals surface area contributed by atoms with E-state index in [1.165, 1.54) is 0 Å². The predicted molar refractivity (Wildman–Crippen MR) is 75.1 cm³/mol. The Kier molecular flexibility index (Phi) is 4.48. The number of ether oxygens (including phenoxy) is 1. The predicted octanol–water partition coefficient (Wildman–Crippen LogP) is 4.03. The van der Waals surface area contributed by atoms with Crippen LogP contribution in [0.4, 0.5) is 0 Å². The Bertz CT molecular complexity index is 543. The fourth-order valence-electron chi connectivity index (χ4n) is 1.56. The second kappa shape index (κ2) is 6.10. The van der Waals surface area contributed by atoms with Crippen molar-refractivity contribution in [1.82, 2.24) is 0 Å². The highest BCUT2D eigenvalue weighted by atomic mass is 35.5. The number of nitrogens with two attached hydrogens (primary N) is 1. The third-order valence-corrected chi connectivity index (χ3v) is 3.32. The zero-order valence-corrected chi connectivity index (χ0v) is 11.2. The summed E-state index contributed by atoms with van der Waals surface area (Å²) in [5.41, 5.74) is 7.39. The number of hydrogen-bond donors (Lipinski definition) is 1. The van der Waals surface area contributed by atoms with E-state index in [9.17, 15) is 0 Å². The SMILES string of the molecule is NCc1ccc(OCc2ccccc2Cl)cc1Cl. The summed E-state index contributed by atoms with van der Waals surface area (Å²) in [6.07, 6.45) is 0. The number of halogens is 2. The van der Waals surface area contributed by atoms with Gasteiger partial charge >= 0.3 is 0 Å². The van der Waals surface area contributed by atoms with Crippen molar-refractivity contribution in [2.75, 3.05) is 0 Å². The molecule has 0 bridgehead atoms. The van der Waals surface area contributed by atoms with Crippen LogP contribution in [-0.2, 0) is 13.2 Å². The summed E-state index contributed by atoms with van der Waals surface area (Å²) >= 11 is 12.1. The van der Waals surface area contributed by atoms with Gasteiger partial charge < -0.3 is 10.5 Å². The Morgan fingerprint density at radius 2 is 1.72 bits per heavy atom. The molecular formula is C14H13Cl2NO. The number of rotatable bonds is 4. The summed E-state index contributed by atoms with van der Waals surface area (Å²) in [6.45, 7) is 0.835. The Hall–Kier alpha value is -1.22. The normalized spacial score (nSPS) is 10.4. The minimum Gasteiger partial charge on any atom is -0.489 e. The molecule has 18 heavy (non-hydrogen) atoms. The van der Waals surface area contributed by atoms with Crippen LogP contribution in [0, 0.1) is 0 Å². The molecule has 0 heterocycles. The van der Waals surface area contributed by atoms with Crippen LogP contribution in [0.3, 0.4) is 0 Å². The molecule has 0 radical (unpaired) electrons. The molecule has 0 fully saturated rings. The van der Waals surface area contributed by atoms with E-state index in [-0.39, 0.29) is 0 Å². The second-order valence-electron chi connectivity index (χ2n) is 3.84. The molecule has 2 aromatic rings. The van der Waals surface area contributed by atoms with E-state index in [1.54, 1.807) is 6.07 Å². The molecule has 0 spiro atoms. The molecule has 0 aliphatic rings. The highest BCUT2D eigenvalue weighted by molar-refractivity contribution is 6.31. The van der Waals surface area contributed by atoms with E-state index < -0.39 is 0 Å². The van der Waals surface area contributed by atoms with Gasteiger partial charge in [-0.25, -0.2) is 0 Å². The van der Waals surface area contributed by atoms with E-state index in [1.807, 2.05) is 36.4 Å². The van der Waals surface area contributed by atoms with Crippen molar-refractivity contribution in [2.45, 2.75) is 13.2 Å². The highest BCUT2D eigenvalue weighted by Crippen LogP contribution is 2.24. The average Bonchev–Trinajstić information content (AvgIpc) is 2.38. The highest BCUT2D eigenvalue weighted by Gasteiger charge is 2.03. The summed E-state index contributed by atoms with van der Waals surface area (Å²) in [5.74, 6) is 0.706. The minimum absolute atomic E-state index is 0.415. The van der Waals surface area contributed by atoms with Gasteiger partial charge in [0.15, 0.2) is 0 Å². The molecule has 0 atom stereocenters. The Morgan fingerprint density at radius 1 is 0.944 bits per heavy atom. The largest absolute Gasteiger partial charge is 0.489 e. The molecular weight excluding hydrogens is 269 g/mol. The Balaban J connectivity index is 2.07. The van der Waals surface area contributed by atoms with Crippen molar-refractivity contribution in [1.29, 1.82) is 0 Å². The van der Waals surface area contributed by atoms with Crippen LogP contribution >= 0.6 is 23.2 Å². The lowest BCUT2D eigenvalue weighted by molar-refractivity contribution is 0.306. The molecule has 0 aromatic heterocycles. The minimum atomic E-state index is 0.415. The summed E-state index contributed by atoms with van der Waals surface area (Å²) in [4.78, 5) is 0. The van der Waals surface area contributed by atoms with E-state index in [2.05, 4.69) is 0 Å². The first kappa shape index (κ1) is 13.2. The standard InChI is InChI=1S/C14H13Cl2NO/c15-13-4-2-1-3-11(13)9-18-12-6-5-10(8-17)14(16)7-12/h1-7H,8-9,17H2. The van der Waals surface area contributed by atoms with Gasteiger partial charge in [0.2, 0.25) is 0 Å². The van der Waals surface area contributed by atoms with Gasteiger partial charge in [0.05, 0.1) is 0 Å². The molecule has 0 unspecified atom stereocenters. The average molecular weight is 282 g/mol. The van der Waals surface area contributed by atoms with Gasteiger partial charge in [-0.1, -0.05) is 47.5 Å². The molecule has 2 rings (SSSR count). The van der Waals surface area contributed by atoms with Gasteiger partial charge in [0, 0.05) is 22.2 Å². The zero-order valence-electron chi connectivity index (χ0n) is 9.70. The monoisotopic (exact) mass is 281 g/mol. The maximum absolute atomic E-state index is 6.06. The molecule has 2 N–H and O–H groups in total. The molecule has 0 aliphatic carbocycles.